The van der Waals surface area contributed by atoms with E-state index in [1.54, 1.807) is 35.4 Å². The minimum atomic E-state index is -0.421. The number of piperazine rings is 1. The topological polar surface area (TPSA) is 130 Å². The zero-order valence-electron chi connectivity index (χ0n) is 20.8. The first-order valence-corrected chi connectivity index (χ1v) is 12.6. The van der Waals surface area contributed by atoms with E-state index in [0.29, 0.717) is 55.1 Å². The quantitative estimate of drug-likeness (QED) is 0.552. The van der Waals surface area contributed by atoms with Crippen molar-refractivity contribution in [3.8, 4) is 5.75 Å². The third kappa shape index (κ3) is 5.11. The number of methoxy groups -OCH3 is 1. The molecule has 1 aliphatic heterocycles. The van der Waals surface area contributed by atoms with E-state index in [1.165, 1.54) is 18.0 Å². The van der Waals surface area contributed by atoms with Gasteiger partial charge in [0, 0.05) is 44.8 Å². The number of aromatic amines is 1. The van der Waals surface area contributed by atoms with Crippen molar-refractivity contribution in [3.63, 3.8) is 0 Å². The average molecular weight is 507 g/mol. The van der Waals surface area contributed by atoms with Crippen molar-refractivity contribution in [1.29, 1.82) is 0 Å². The van der Waals surface area contributed by atoms with Crippen LogP contribution in [0.3, 0.4) is 0 Å². The molecule has 1 saturated carbocycles. The molecule has 0 atom stereocenters. The van der Waals surface area contributed by atoms with Crippen LogP contribution >= 0.6 is 0 Å². The number of hydrogen-bond donors (Lipinski definition) is 1. The van der Waals surface area contributed by atoms with Gasteiger partial charge in [0.2, 0.25) is 5.91 Å². The maximum absolute atomic E-state index is 13.2. The lowest BCUT2D eigenvalue weighted by Gasteiger charge is -2.37. The molecule has 2 aliphatic rings. The van der Waals surface area contributed by atoms with Gasteiger partial charge in [-0.15, -0.1) is 0 Å². The minimum Gasteiger partial charge on any atom is -0.497 e. The molecule has 1 N–H and O–H groups in total. The molecular formula is C26H30N6O5. The zero-order valence-corrected chi connectivity index (χ0v) is 20.8. The van der Waals surface area contributed by atoms with Crippen molar-refractivity contribution in [3.05, 3.63) is 63.3 Å². The van der Waals surface area contributed by atoms with Crippen molar-refractivity contribution in [1.82, 2.24) is 29.3 Å². The lowest BCUT2D eigenvalue weighted by atomic mass is 9.81. The number of carbonyl (C=O) groups is 2. The molecule has 1 aromatic carbocycles. The highest BCUT2D eigenvalue weighted by atomic mass is 16.5. The molecule has 3 aromatic rings. The van der Waals surface area contributed by atoms with E-state index in [1.807, 2.05) is 4.90 Å². The van der Waals surface area contributed by atoms with E-state index < -0.39 is 5.69 Å². The molecule has 5 rings (SSSR count). The van der Waals surface area contributed by atoms with Gasteiger partial charge in [0.05, 0.1) is 18.0 Å². The molecule has 194 valence electrons. The fourth-order valence-electron chi connectivity index (χ4n) is 5.34. The van der Waals surface area contributed by atoms with Crippen LogP contribution in [0.5, 0.6) is 5.75 Å². The Kier molecular flexibility index (Phi) is 7.02. The SMILES string of the molecule is COc1ccc2[nH]c(=O)n(C[C@H]3CC[C@H](C(=O)N4CCN(C(=O)c5ccncn5)CC4)CC3)c(=O)c2c1. The van der Waals surface area contributed by atoms with Gasteiger partial charge in [0.15, 0.2) is 0 Å². The molecule has 2 fully saturated rings. The molecule has 2 amide bonds. The molecule has 0 spiro atoms. The Bertz CT molecular complexity index is 1400. The van der Waals surface area contributed by atoms with Crippen LogP contribution in [-0.2, 0) is 11.3 Å². The van der Waals surface area contributed by atoms with Crippen molar-refractivity contribution < 1.29 is 14.3 Å². The summed E-state index contributed by atoms with van der Waals surface area (Å²) >= 11 is 0. The summed E-state index contributed by atoms with van der Waals surface area (Å²) in [5, 5.41) is 0.417. The number of amides is 2. The summed E-state index contributed by atoms with van der Waals surface area (Å²) in [7, 11) is 1.53. The van der Waals surface area contributed by atoms with Crippen molar-refractivity contribution in [2.45, 2.75) is 32.2 Å². The first kappa shape index (κ1) is 24.7. The van der Waals surface area contributed by atoms with Crippen molar-refractivity contribution in [2.24, 2.45) is 11.8 Å². The van der Waals surface area contributed by atoms with Gasteiger partial charge >= 0.3 is 5.69 Å². The van der Waals surface area contributed by atoms with Crippen LogP contribution in [0, 0.1) is 11.8 Å². The largest absolute Gasteiger partial charge is 0.497 e. The Morgan fingerprint density at radius 3 is 2.43 bits per heavy atom. The smallest absolute Gasteiger partial charge is 0.328 e. The molecule has 0 radical (unpaired) electrons. The van der Waals surface area contributed by atoms with E-state index in [4.69, 9.17) is 4.74 Å². The lowest BCUT2D eigenvalue weighted by Crippen LogP contribution is -2.52. The minimum absolute atomic E-state index is 0.0729. The van der Waals surface area contributed by atoms with Crippen LogP contribution in [0.25, 0.3) is 10.9 Å². The molecule has 2 aromatic heterocycles. The second-order valence-corrected chi connectivity index (χ2v) is 9.69. The number of benzene rings is 1. The highest BCUT2D eigenvalue weighted by molar-refractivity contribution is 5.92. The molecule has 1 saturated heterocycles. The van der Waals surface area contributed by atoms with Crippen LogP contribution in [0.15, 0.2) is 46.4 Å². The molecule has 11 heteroatoms. The Morgan fingerprint density at radius 1 is 1.03 bits per heavy atom. The Hall–Kier alpha value is -4.02. The first-order valence-electron chi connectivity index (χ1n) is 12.6. The second-order valence-electron chi connectivity index (χ2n) is 9.69. The maximum Gasteiger partial charge on any atom is 0.328 e. The molecule has 37 heavy (non-hydrogen) atoms. The molecule has 1 aliphatic carbocycles. The van der Waals surface area contributed by atoms with E-state index in [9.17, 15) is 19.2 Å². The van der Waals surface area contributed by atoms with Crippen LogP contribution in [-0.4, -0.2) is 74.4 Å². The average Bonchev–Trinajstić information content (AvgIpc) is 2.95. The summed E-state index contributed by atoms with van der Waals surface area (Å²) in [4.78, 5) is 65.6. The highest BCUT2D eigenvalue weighted by Gasteiger charge is 2.32. The summed E-state index contributed by atoms with van der Waals surface area (Å²) in [6, 6.07) is 6.61. The van der Waals surface area contributed by atoms with Gasteiger partial charge in [-0.2, -0.15) is 0 Å². The summed E-state index contributed by atoms with van der Waals surface area (Å²) in [5.41, 5.74) is 0.0947. The van der Waals surface area contributed by atoms with Crippen LogP contribution < -0.4 is 16.0 Å². The van der Waals surface area contributed by atoms with E-state index in [-0.39, 0.29) is 29.2 Å². The number of nitrogens with zero attached hydrogens (tertiary/aromatic N) is 5. The van der Waals surface area contributed by atoms with Gasteiger partial charge < -0.3 is 19.5 Å². The summed E-state index contributed by atoms with van der Waals surface area (Å²) < 4.78 is 6.49. The van der Waals surface area contributed by atoms with Gasteiger partial charge in [-0.1, -0.05) is 0 Å². The zero-order chi connectivity index (χ0) is 25.9. The highest BCUT2D eigenvalue weighted by Crippen LogP contribution is 2.31. The monoisotopic (exact) mass is 506 g/mol. The number of rotatable bonds is 5. The molecule has 0 unspecified atom stereocenters. The van der Waals surface area contributed by atoms with E-state index in [0.717, 1.165) is 25.7 Å². The number of carbonyl (C=O) groups excluding carboxylic acids is 2. The number of aromatic nitrogens is 4. The number of hydrogen-bond acceptors (Lipinski definition) is 7. The Labute approximate surface area is 213 Å². The summed E-state index contributed by atoms with van der Waals surface area (Å²) in [5.74, 6) is 0.610. The summed E-state index contributed by atoms with van der Waals surface area (Å²) in [6.07, 6.45) is 5.87. The van der Waals surface area contributed by atoms with Crippen molar-refractivity contribution >= 4 is 22.7 Å². The molecular weight excluding hydrogens is 476 g/mol. The van der Waals surface area contributed by atoms with Gasteiger partial charge in [0.1, 0.15) is 17.8 Å². The Morgan fingerprint density at radius 2 is 1.76 bits per heavy atom. The predicted octanol–water partition coefficient (Wildman–Crippen LogP) is 1.28. The number of nitrogens with one attached hydrogen (secondary N) is 1. The van der Waals surface area contributed by atoms with Gasteiger partial charge in [-0.25, -0.2) is 14.8 Å². The second kappa shape index (κ2) is 10.5. The van der Waals surface area contributed by atoms with Crippen molar-refractivity contribution in [2.75, 3.05) is 33.3 Å². The molecule has 0 bridgehead atoms. The van der Waals surface area contributed by atoms with E-state index in [2.05, 4.69) is 15.0 Å². The number of H-pyrrole nitrogens is 1. The van der Waals surface area contributed by atoms with Crippen LogP contribution in [0.2, 0.25) is 0 Å². The number of ether oxygens (including phenoxy) is 1. The maximum atomic E-state index is 13.2. The first-order chi connectivity index (χ1) is 17.9. The van der Waals surface area contributed by atoms with Crippen LogP contribution in [0.4, 0.5) is 0 Å². The van der Waals surface area contributed by atoms with Crippen LogP contribution in [0.1, 0.15) is 36.2 Å². The lowest BCUT2D eigenvalue weighted by molar-refractivity contribution is -0.138. The number of fused-ring (bicyclic) bond motifs is 1. The standard InChI is InChI=1S/C26H30N6O5/c1-37-19-6-7-21-20(14-19)24(34)32(26(36)29-21)15-17-2-4-18(5-3-17)23(33)30-10-12-31(13-11-30)25(35)22-8-9-27-16-28-22/h6-9,14,16-18H,2-5,10-13,15H2,1H3,(H,29,36)/t17-,18-. The fourth-order valence-corrected chi connectivity index (χ4v) is 5.34. The Balaban J connectivity index is 1.16. The van der Waals surface area contributed by atoms with Gasteiger partial charge in [-0.05, 0) is 55.9 Å². The van der Waals surface area contributed by atoms with E-state index >= 15 is 0 Å². The fraction of sp³-hybridized carbons (Fsp3) is 0.462. The third-order valence-electron chi connectivity index (χ3n) is 7.51. The van der Waals surface area contributed by atoms with Gasteiger partial charge in [0.25, 0.3) is 11.5 Å². The molecule has 11 nitrogen and oxygen atoms in total. The predicted molar refractivity (Wildman–Crippen MR) is 135 cm³/mol. The van der Waals surface area contributed by atoms with Gasteiger partial charge in [-0.3, -0.25) is 19.0 Å². The third-order valence-corrected chi connectivity index (χ3v) is 7.51. The summed E-state index contributed by atoms with van der Waals surface area (Å²) in [6.45, 7) is 2.28. The molecule has 3 heterocycles. The normalized spacial score (nSPS) is 20.1.